The molecule has 0 amide bonds. The predicted molar refractivity (Wildman–Crippen MR) is 58.8 cm³/mol. The van der Waals surface area contributed by atoms with Crippen molar-refractivity contribution < 1.29 is 5.11 Å². The van der Waals surface area contributed by atoms with Crippen LogP contribution in [0.25, 0.3) is 0 Å². The quantitative estimate of drug-likeness (QED) is 0.751. The maximum absolute atomic E-state index is 9.84. The zero-order valence-electron chi connectivity index (χ0n) is 9.22. The van der Waals surface area contributed by atoms with Crippen LogP contribution in [0, 0.1) is 11.3 Å². The molecule has 0 unspecified atom stereocenters. The van der Waals surface area contributed by atoms with E-state index in [4.69, 9.17) is 5.26 Å². The lowest BCUT2D eigenvalue weighted by Crippen LogP contribution is -2.43. The summed E-state index contributed by atoms with van der Waals surface area (Å²) in [5.74, 6) is 0.625. The zero-order valence-corrected chi connectivity index (χ0v) is 9.22. The van der Waals surface area contributed by atoms with Crippen LogP contribution in [-0.2, 0) is 0 Å². The van der Waals surface area contributed by atoms with Gasteiger partial charge >= 0.3 is 0 Å². The first-order valence-electron chi connectivity index (χ1n) is 5.31. The van der Waals surface area contributed by atoms with E-state index in [0.717, 1.165) is 0 Å². The first-order chi connectivity index (χ1) is 7.62. The third-order valence-electron chi connectivity index (χ3n) is 2.96. The average Bonchev–Trinajstić information content (AvgIpc) is 2.29. The Morgan fingerprint density at radius 2 is 2.19 bits per heavy atom. The first kappa shape index (κ1) is 10.8. The molecule has 0 aliphatic carbocycles. The third-order valence-corrected chi connectivity index (χ3v) is 2.96. The van der Waals surface area contributed by atoms with E-state index in [0.29, 0.717) is 37.3 Å². The summed E-state index contributed by atoms with van der Waals surface area (Å²) in [6.07, 6.45) is 2.89. The van der Waals surface area contributed by atoms with Crippen molar-refractivity contribution in [2.75, 3.05) is 18.0 Å². The molecule has 84 valence electrons. The van der Waals surface area contributed by atoms with Crippen molar-refractivity contribution in [3.63, 3.8) is 0 Å². The molecular formula is C11H14N4O. The number of anilines is 1. The minimum atomic E-state index is -0.592. The highest BCUT2D eigenvalue weighted by Gasteiger charge is 2.28. The second-order valence-electron chi connectivity index (χ2n) is 4.36. The molecule has 5 heteroatoms. The van der Waals surface area contributed by atoms with Crippen molar-refractivity contribution in [2.45, 2.75) is 25.4 Å². The summed E-state index contributed by atoms with van der Waals surface area (Å²) in [7, 11) is 0. The number of nitriles is 1. The standard InChI is InChI=1S/C11H14N4O/c1-11(16)3-6-15(7-4-11)10-9(8-12)2-5-13-14-10/h2,5,16H,3-4,6-7H2,1H3. The van der Waals surface area contributed by atoms with Crippen molar-refractivity contribution in [1.29, 1.82) is 5.26 Å². The number of aliphatic hydroxyl groups is 1. The normalized spacial score (nSPS) is 19.2. The van der Waals surface area contributed by atoms with Gasteiger partial charge in [0.2, 0.25) is 0 Å². The Hall–Kier alpha value is -1.67. The Kier molecular flexibility index (Phi) is 2.75. The molecule has 2 rings (SSSR count). The molecule has 0 atom stereocenters. The molecule has 0 radical (unpaired) electrons. The molecule has 0 spiro atoms. The molecular weight excluding hydrogens is 204 g/mol. The fourth-order valence-electron chi connectivity index (χ4n) is 1.85. The molecule has 1 N–H and O–H groups in total. The van der Waals surface area contributed by atoms with Gasteiger partial charge in [0.15, 0.2) is 5.82 Å². The van der Waals surface area contributed by atoms with Gasteiger partial charge in [0.25, 0.3) is 0 Å². The summed E-state index contributed by atoms with van der Waals surface area (Å²) < 4.78 is 0. The van der Waals surface area contributed by atoms with E-state index in [1.165, 1.54) is 6.20 Å². The lowest BCUT2D eigenvalue weighted by atomic mass is 9.94. The van der Waals surface area contributed by atoms with E-state index in [1.54, 1.807) is 6.07 Å². The Balaban J connectivity index is 2.18. The van der Waals surface area contributed by atoms with Gasteiger partial charge in [0, 0.05) is 13.1 Å². The summed E-state index contributed by atoms with van der Waals surface area (Å²) in [6, 6.07) is 3.77. The molecule has 0 saturated carbocycles. The Bertz CT molecular complexity index is 414. The second-order valence-corrected chi connectivity index (χ2v) is 4.36. The number of rotatable bonds is 1. The van der Waals surface area contributed by atoms with Crippen molar-refractivity contribution >= 4 is 5.82 Å². The maximum Gasteiger partial charge on any atom is 0.169 e. The van der Waals surface area contributed by atoms with Crippen LogP contribution in [0.15, 0.2) is 12.3 Å². The minimum absolute atomic E-state index is 0.538. The lowest BCUT2D eigenvalue weighted by Gasteiger charge is -2.36. The smallest absolute Gasteiger partial charge is 0.169 e. The predicted octanol–water partition coefficient (Wildman–Crippen LogP) is 0.699. The molecule has 1 fully saturated rings. The summed E-state index contributed by atoms with van der Waals surface area (Å²) in [6.45, 7) is 3.26. The SMILES string of the molecule is CC1(O)CCN(c2nnccc2C#N)CC1. The summed E-state index contributed by atoms with van der Waals surface area (Å²) in [5, 5.41) is 26.6. The summed E-state index contributed by atoms with van der Waals surface area (Å²) in [4.78, 5) is 2.00. The maximum atomic E-state index is 9.84. The van der Waals surface area contributed by atoms with Crippen LogP contribution in [0.1, 0.15) is 25.3 Å². The Morgan fingerprint density at radius 3 is 2.81 bits per heavy atom. The van der Waals surface area contributed by atoms with Gasteiger partial charge in [0.05, 0.1) is 17.4 Å². The van der Waals surface area contributed by atoms with Crippen LogP contribution in [-0.4, -0.2) is 34.0 Å². The molecule has 16 heavy (non-hydrogen) atoms. The monoisotopic (exact) mass is 218 g/mol. The average molecular weight is 218 g/mol. The van der Waals surface area contributed by atoms with Crippen LogP contribution >= 0.6 is 0 Å². The fourth-order valence-corrected chi connectivity index (χ4v) is 1.85. The van der Waals surface area contributed by atoms with Gasteiger partial charge in [-0.15, -0.1) is 5.10 Å². The molecule has 1 aliphatic rings. The van der Waals surface area contributed by atoms with E-state index < -0.39 is 5.60 Å². The Morgan fingerprint density at radius 1 is 1.50 bits per heavy atom. The van der Waals surface area contributed by atoms with E-state index in [-0.39, 0.29) is 0 Å². The largest absolute Gasteiger partial charge is 0.390 e. The molecule has 2 heterocycles. The van der Waals surface area contributed by atoms with Gasteiger partial charge in [0.1, 0.15) is 6.07 Å². The van der Waals surface area contributed by atoms with Crippen molar-refractivity contribution in [3.05, 3.63) is 17.8 Å². The van der Waals surface area contributed by atoms with Gasteiger partial charge < -0.3 is 10.0 Å². The Labute approximate surface area is 94.3 Å². The number of hydrogen-bond acceptors (Lipinski definition) is 5. The highest BCUT2D eigenvalue weighted by Crippen LogP contribution is 2.25. The van der Waals surface area contributed by atoms with Crippen molar-refractivity contribution in [2.24, 2.45) is 0 Å². The summed E-state index contributed by atoms with van der Waals surface area (Å²) >= 11 is 0. The van der Waals surface area contributed by atoms with Gasteiger partial charge in [-0.25, -0.2) is 0 Å². The molecule has 1 aliphatic heterocycles. The molecule has 0 aromatic carbocycles. The zero-order chi connectivity index (χ0) is 11.6. The van der Waals surface area contributed by atoms with Crippen LogP contribution in [0.4, 0.5) is 5.82 Å². The van der Waals surface area contributed by atoms with Gasteiger partial charge in [-0.3, -0.25) is 0 Å². The topological polar surface area (TPSA) is 73.0 Å². The van der Waals surface area contributed by atoms with E-state index in [2.05, 4.69) is 16.3 Å². The molecule has 1 aromatic rings. The van der Waals surface area contributed by atoms with Gasteiger partial charge in [-0.05, 0) is 25.8 Å². The van der Waals surface area contributed by atoms with Crippen molar-refractivity contribution in [1.82, 2.24) is 10.2 Å². The molecule has 0 bridgehead atoms. The fraction of sp³-hybridized carbons (Fsp3) is 0.545. The highest BCUT2D eigenvalue weighted by atomic mass is 16.3. The van der Waals surface area contributed by atoms with E-state index in [9.17, 15) is 5.11 Å². The minimum Gasteiger partial charge on any atom is -0.390 e. The first-order valence-corrected chi connectivity index (χ1v) is 5.31. The van der Waals surface area contributed by atoms with Crippen molar-refractivity contribution in [3.8, 4) is 6.07 Å². The van der Waals surface area contributed by atoms with Crippen LogP contribution in [0.3, 0.4) is 0 Å². The van der Waals surface area contributed by atoms with E-state index >= 15 is 0 Å². The number of nitrogens with zero attached hydrogens (tertiary/aromatic N) is 4. The third kappa shape index (κ3) is 2.12. The van der Waals surface area contributed by atoms with Crippen LogP contribution in [0.5, 0.6) is 0 Å². The number of piperidine rings is 1. The number of hydrogen-bond donors (Lipinski definition) is 1. The highest BCUT2D eigenvalue weighted by molar-refractivity contribution is 5.52. The van der Waals surface area contributed by atoms with Crippen LogP contribution in [0.2, 0.25) is 0 Å². The molecule has 1 saturated heterocycles. The summed E-state index contributed by atoms with van der Waals surface area (Å²) in [5.41, 5.74) is -0.0533. The molecule has 1 aromatic heterocycles. The lowest BCUT2D eigenvalue weighted by molar-refractivity contribution is 0.0350. The van der Waals surface area contributed by atoms with Gasteiger partial charge in [-0.2, -0.15) is 10.4 Å². The second kappa shape index (κ2) is 4.06. The number of aromatic nitrogens is 2. The van der Waals surface area contributed by atoms with E-state index in [1.807, 2.05) is 11.8 Å². The van der Waals surface area contributed by atoms with Gasteiger partial charge in [-0.1, -0.05) is 0 Å². The molecule has 5 nitrogen and oxygen atoms in total. The van der Waals surface area contributed by atoms with Crippen LogP contribution < -0.4 is 4.90 Å².